The minimum Gasteiger partial charge on any atom is -0.392 e. The predicted octanol–water partition coefficient (Wildman–Crippen LogP) is 1.95. The molecule has 0 aliphatic heterocycles. The molecule has 0 radical (unpaired) electrons. The summed E-state index contributed by atoms with van der Waals surface area (Å²) in [5.74, 6) is 0. The molecule has 0 saturated carbocycles. The molecule has 0 spiro atoms. The van der Waals surface area contributed by atoms with Gasteiger partial charge >= 0.3 is 0 Å². The highest BCUT2D eigenvalue weighted by Crippen LogP contribution is 2.34. The van der Waals surface area contributed by atoms with Gasteiger partial charge in [-0.15, -0.1) is 22.7 Å². The fourth-order valence-electron chi connectivity index (χ4n) is 1.21. The van der Waals surface area contributed by atoms with Crippen LogP contribution >= 0.6 is 22.7 Å². The Morgan fingerprint density at radius 2 is 1.50 bits per heavy atom. The summed E-state index contributed by atoms with van der Waals surface area (Å²) in [5, 5.41) is 22.9. The van der Waals surface area contributed by atoms with Crippen LogP contribution in [-0.4, -0.2) is 10.2 Å². The minimum atomic E-state index is 0.0593. The van der Waals surface area contributed by atoms with E-state index in [-0.39, 0.29) is 13.2 Å². The van der Waals surface area contributed by atoms with Crippen LogP contribution in [0.5, 0.6) is 0 Å². The minimum absolute atomic E-state index is 0.0593. The van der Waals surface area contributed by atoms with Crippen molar-refractivity contribution in [1.82, 2.24) is 0 Å². The van der Waals surface area contributed by atoms with Crippen molar-refractivity contribution in [3.05, 3.63) is 21.9 Å². The first kappa shape index (κ1) is 8.19. The van der Waals surface area contributed by atoms with E-state index >= 15 is 0 Å². The first-order valence-electron chi connectivity index (χ1n) is 3.55. The smallest absolute Gasteiger partial charge is 0.0872 e. The van der Waals surface area contributed by atoms with Gasteiger partial charge in [-0.1, -0.05) is 0 Å². The van der Waals surface area contributed by atoms with Gasteiger partial charge in [0.2, 0.25) is 0 Å². The number of aliphatic hydroxyl groups is 2. The average molecular weight is 200 g/mol. The Labute approximate surface area is 77.7 Å². The van der Waals surface area contributed by atoms with Crippen molar-refractivity contribution in [2.24, 2.45) is 0 Å². The highest BCUT2D eigenvalue weighted by atomic mass is 32.2. The van der Waals surface area contributed by atoms with E-state index in [9.17, 15) is 0 Å². The maximum Gasteiger partial charge on any atom is 0.0872 e. The van der Waals surface area contributed by atoms with Crippen molar-refractivity contribution in [3.8, 4) is 0 Å². The zero-order chi connectivity index (χ0) is 8.55. The molecule has 2 nitrogen and oxygen atoms in total. The van der Waals surface area contributed by atoms with Gasteiger partial charge in [-0.05, 0) is 21.9 Å². The van der Waals surface area contributed by atoms with E-state index in [0.717, 1.165) is 16.5 Å². The summed E-state index contributed by atoms with van der Waals surface area (Å²) >= 11 is 3.24. The lowest BCUT2D eigenvalue weighted by Crippen LogP contribution is -1.83. The molecule has 0 amide bonds. The lowest BCUT2D eigenvalue weighted by Gasteiger charge is -1.92. The second-order valence-electron chi connectivity index (χ2n) is 2.50. The first-order valence-corrected chi connectivity index (χ1v) is 5.31. The molecule has 0 atom stereocenters. The van der Waals surface area contributed by atoms with Crippen molar-refractivity contribution in [3.63, 3.8) is 0 Å². The molecule has 0 aliphatic carbocycles. The summed E-state index contributed by atoms with van der Waals surface area (Å²) in [5.41, 5.74) is 1.86. The zero-order valence-electron chi connectivity index (χ0n) is 6.28. The molecule has 0 fully saturated rings. The monoisotopic (exact) mass is 200 g/mol. The summed E-state index contributed by atoms with van der Waals surface area (Å²) < 4.78 is 1.18. The molecule has 0 aliphatic rings. The molecule has 0 saturated heterocycles. The fraction of sp³-hybridized carbons (Fsp3) is 0.250. The Hall–Kier alpha value is -0.420. The normalized spacial score (nSPS) is 11.2. The van der Waals surface area contributed by atoms with Crippen LogP contribution in [0, 0.1) is 0 Å². The third-order valence-electron chi connectivity index (χ3n) is 1.80. The van der Waals surface area contributed by atoms with Gasteiger partial charge in [0.05, 0.1) is 17.2 Å². The fourth-order valence-corrected chi connectivity index (χ4v) is 3.37. The topological polar surface area (TPSA) is 40.5 Å². The summed E-state index contributed by atoms with van der Waals surface area (Å²) in [7, 11) is 0. The second-order valence-corrected chi connectivity index (χ2v) is 4.52. The van der Waals surface area contributed by atoms with Gasteiger partial charge in [-0.2, -0.15) is 0 Å². The van der Waals surface area contributed by atoms with E-state index in [4.69, 9.17) is 10.2 Å². The maximum atomic E-state index is 8.99. The van der Waals surface area contributed by atoms with Crippen LogP contribution in [0.1, 0.15) is 11.1 Å². The molecule has 2 aromatic rings. The molecule has 0 bridgehead atoms. The lowest BCUT2D eigenvalue weighted by molar-refractivity contribution is 0.279. The van der Waals surface area contributed by atoms with Gasteiger partial charge in [-0.3, -0.25) is 0 Å². The largest absolute Gasteiger partial charge is 0.392 e. The van der Waals surface area contributed by atoms with E-state index < -0.39 is 0 Å². The van der Waals surface area contributed by atoms with Crippen molar-refractivity contribution < 1.29 is 10.2 Å². The van der Waals surface area contributed by atoms with Crippen LogP contribution in [0.2, 0.25) is 0 Å². The number of fused-ring (bicyclic) bond motifs is 1. The Bertz CT molecular complexity index is 355. The standard InChI is InChI=1S/C8H8O2S2/c9-1-5-3-11-8-7(5)6(2-10)4-12-8/h3-4,9-10H,1-2H2. The van der Waals surface area contributed by atoms with E-state index in [1.54, 1.807) is 22.7 Å². The van der Waals surface area contributed by atoms with E-state index in [1.807, 2.05) is 10.8 Å². The molecule has 2 N–H and O–H groups in total. The Balaban J connectivity index is 2.70. The van der Waals surface area contributed by atoms with Crippen LogP contribution in [-0.2, 0) is 13.2 Å². The quantitative estimate of drug-likeness (QED) is 0.778. The van der Waals surface area contributed by atoms with Gasteiger partial charge < -0.3 is 10.2 Å². The molecule has 2 heterocycles. The highest BCUT2D eigenvalue weighted by Gasteiger charge is 2.09. The summed E-state index contributed by atoms with van der Waals surface area (Å²) in [6.07, 6.45) is 0. The Morgan fingerprint density at radius 1 is 1.00 bits per heavy atom. The SMILES string of the molecule is OCc1csc2scc(CO)c12. The highest BCUT2D eigenvalue weighted by molar-refractivity contribution is 7.37. The van der Waals surface area contributed by atoms with Crippen molar-refractivity contribution in [1.29, 1.82) is 0 Å². The van der Waals surface area contributed by atoms with Gasteiger partial charge in [0.25, 0.3) is 0 Å². The molecule has 0 aromatic carbocycles. The Morgan fingerprint density at radius 3 is 1.92 bits per heavy atom. The molecule has 12 heavy (non-hydrogen) atoms. The number of hydrogen-bond donors (Lipinski definition) is 2. The molecule has 64 valence electrons. The molecule has 0 unspecified atom stereocenters. The number of rotatable bonds is 2. The zero-order valence-corrected chi connectivity index (χ0v) is 7.91. The summed E-state index contributed by atoms with van der Waals surface area (Å²) in [6.45, 7) is 0.119. The van der Waals surface area contributed by atoms with Gasteiger partial charge in [0, 0.05) is 5.39 Å². The van der Waals surface area contributed by atoms with Gasteiger partial charge in [0.1, 0.15) is 0 Å². The van der Waals surface area contributed by atoms with Gasteiger partial charge in [-0.25, -0.2) is 0 Å². The van der Waals surface area contributed by atoms with Crippen LogP contribution in [0.4, 0.5) is 0 Å². The van der Waals surface area contributed by atoms with Crippen LogP contribution in [0.3, 0.4) is 0 Å². The van der Waals surface area contributed by atoms with Gasteiger partial charge in [0.15, 0.2) is 0 Å². The lowest BCUT2D eigenvalue weighted by atomic mass is 10.2. The maximum absolute atomic E-state index is 8.99. The Kier molecular flexibility index (Phi) is 2.14. The van der Waals surface area contributed by atoms with Crippen LogP contribution < -0.4 is 0 Å². The predicted molar refractivity (Wildman–Crippen MR) is 51.5 cm³/mol. The van der Waals surface area contributed by atoms with Crippen LogP contribution in [0.15, 0.2) is 10.8 Å². The molecule has 2 rings (SSSR count). The number of aliphatic hydroxyl groups excluding tert-OH is 2. The molecular formula is C8H8O2S2. The summed E-state index contributed by atoms with van der Waals surface area (Å²) in [6, 6.07) is 0. The summed E-state index contributed by atoms with van der Waals surface area (Å²) in [4.78, 5) is 0. The molecule has 4 heteroatoms. The average Bonchev–Trinajstić information content (AvgIpc) is 2.62. The number of thiophene rings is 2. The van der Waals surface area contributed by atoms with Crippen molar-refractivity contribution in [2.45, 2.75) is 13.2 Å². The first-order chi connectivity index (χ1) is 5.86. The molecular weight excluding hydrogens is 192 g/mol. The third kappa shape index (κ3) is 1.08. The van der Waals surface area contributed by atoms with Crippen molar-refractivity contribution in [2.75, 3.05) is 0 Å². The van der Waals surface area contributed by atoms with E-state index in [1.165, 1.54) is 4.01 Å². The van der Waals surface area contributed by atoms with Crippen molar-refractivity contribution >= 4 is 32.1 Å². The van der Waals surface area contributed by atoms with E-state index in [2.05, 4.69) is 0 Å². The van der Waals surface area contributed by atoms with E-state index in [0.29, 0.717) is 0 Å². The second kappa shape index (κ2) is 3.14. The molecule has 2 aromatic heterocycles. The number of hydrogen-bond acceptors (Lipinski definition) is 4. The van der Waals surface area contributed by atoms with Crippen LogP contribution in [0.25, 0.3) is 9.40 Å². The third-order valence-corrected chi connectivity index (χ3v) is 4.02.